The van der Waals surface area contributed by atoms with Gasteiger partial charge in [0.15, 0.2) is 0 Å². The third-order valence-electron chi connectivity index (χ3n) is 7.12. The van der Waals surface area contributed by atoms with Gasteiger partial charge in [0, 0.05) is 19.4 Å². The molecule has 1 unspecified atom stereocenters. The summed E-state index contributed by atoms with van der Waals surface area (Å²) in [4.78, 5) is 12.4. The van der Waals surface area contributed by atoms with Crippen molar-refractivity contribution in [1.82, 2.24) is 5.32 Å². The van der Waals surface area contributed by atoms with Crippen LogP contribution in [-0.2, 0) is 16.1 Å². The first-order valence-corrected chi connectivity index (χ1v) is 15.3. The summed E-state index contributed by atoms with van der Waals surface area (Å²) in [6.45, 7) is 4.84. The maximum Gasteiger partial charge on any atom is 0.221 e. The molecular weight excluding hydrogens is 538 g/mol. The van der Waals surface area contributed by atoms with Gasteiger partial charge in [0.1, 0.15) is 11.5 Å². The number of methoxy groups -OCH3 is 2. The minimum Gasteiger partial charge on any atom is -0.497 e. The number of carbonyl (C=O) groups is 1. The fourth-order valence-electron chi connectivity index (χ4n) is 4.86. The van der Waals surface area contributed by atoms with Gasteiger partial charge < -0.3 is 14.8 Å². The molecule has 0 saturated heterocycles. The molecule has 0 saturated carbocycles. The van der Waals surface area contributed by atoms with Crippen LogP contribution in [0.3, 0.4) is 0 Å². The topological polar surface area (TPSA) is 47.6 Å². The van der Waals surface area contributed by atoms with E-state index < -0.39 is 4.75 Å². The van der Waals surface area contributed by atoms with E-state index >= 15 is 0 Å². The molecule has 0 spiro atoms. The first kappa shape index (κ1) is 30.8. The van der Waals surface area contributed by atoms with Crippen LogP contribution >= 0.6 is 11.8 Å². The van der Waals surface area contributed by atoms with Crippen LogP contribution in [0.5, 0.6) is 11.5 Å². The molecule has 42 heavy (non-hydrogen) atoms. The van der Waals surface area contributed by atoms with E-state index in [1.165, 1.54) is 16.7 Å². The third-order valence-corrected chi connectivity index (χ3v) is 8.87. The SMILES string of the molecule is CCCSC(c1ccc(C)cc1)(c1ccc(OC)cc1)c1ccc(OC)c(C#CCCC(=O)NCc2ccccc2)c1. The molecule has 216 valence electrons. The van der Waals surface area contributed by atoms with Gasteiger partial charge in [0.05, 0.1) is 24.5 Å². The molecule has 4 nitrogen and oxygen atoms in total. The van der Waals surface area contributed by atoms with E-state index in [-0.39, 0.29) is 5.91 Å². The summed E-state index contributed by atoms with van der Waals surface area (Å²) in [7, 11) is 3.36. The Labute approximate surface area is 254 Å². The Morgan fingerprint density at radius 1 is 0.857 bits per heavy atom. The zero-order chi connectivity index (χ0) is 29.8. The molecular formula is C37H39NO3S. The lowest BCUT2D eigenvalue weighted by atomic mass is 9.83. The monoisotopic (exact) mass is 577 g/mol. The van der Waals surface area contributed by atoms with Crippen LogP contribution in [0.25, 0.3) is 0 Å². The lowest BCUT2D eigenvalue weighted by Crippen LogP contribution is -2.26. The zero-order valence-corrected chi connectivity index (χ0v) is 25.7. The molecule has 4 aromatic rings. The molecule has 4 rings (SSSR count). The number of carbonyl (C=O) groups excluding carboxylic acids is 1. The molecule has 0 bridgehead atoms. The molecule has 0 radical (unpaired) electrons. The van der Waals surface area contributed by atoms with E-state index in [1.54, 1.807) is 14.2 Å². The number of hydrogen-bond acceptors (Lipinski definition) is 4. The van der Waals surface area contributed by atoms with E-state index in [9.17, 15) is 4.79 Å². The van der Waals surface area contributed by atoms with Gasteiger partial charge in [-0.25, -0.2) is 0 Å². The van der Waals surface area contributed by atoms with Crippen molar-refractivity contribution in [3.63, 3.8) is 0 Å². The van der Waals surface area contributed by atoms with Crippen LogP contribution in [-0.4, -0.2) is 25.9 Å². The largest absolute Gasteiger partial charge is 0.497 e. The standard InChI is InChI=1S/C37H39NO3S/c1-5-25-42-37(31-17-15-28(2)16-18-31,32-19-22-34(40-3)23-20-32)33-21-24-35(41-4)30(26-33)13-9-10-14-36(39)38-27-29-11-7-6-8-12-29/h6-8,11-12,15-24,26H,5,10,14,25,27H2,1-4H3,(H,38,39). The van der Waals surface area contributed by atoms with Gasteiger partial charge >= 0.3 is 0 Å². The minimum absolute atomic E-state index is 0.0114. The van der Waals surface area contributed by atoms with E-state index in [0.717, 1.165) is 34.6 Å². The second kappa shape index (κ2) is 15.2. The highest BCUT2D eigenvalue weighted by Crippen LogP contribution is 2.49. The first-order chi connectivity index (χ1) is 20.5. The molecule has 5 heteroatoms. The summed E-state index contributed by atoms with van der Waals surface area (Å²) in [5, 5.41) is 2.97. The lowest BCUT2D eigenvalue weighted by molar-refractivity contribution is -0.121. The van der Waals surface area contributed by atoms with Gasteiger partial charge in [0.25, 0.3) is 0 Å². The Kier molecular flexibility index (Phi) is 11.1. The lowest BCUT2D eigenvalue weighted by Gasteiger charge is -2.36. The summed E-state index contributed by atoms with van der Waals surface area (Å²) in [5.41, 5.74) is 6.61. The highest BCUT2D eigenvalue weighted by molar-refractivity contribution is 8.00. The molecule has 0 aliphatic carbocycles. The maximum absolute atomic E-state index is 12.4. The molecule has 4 aromatic carbocycles. The second-order valence-corrected chi connectivity index (χ2v) is 11.4. The van der Waals surface area contributed by atoms with Gasteiger partial charge in [-0.15, -0.1) is 11.8 Å². The number of amides is 1. The summed E-state index contributed by atoms with van der Waals surface area (Å²) in [6, 6.07) is 33.4. The highest BCUT2D eigenvalue weighted by atomic mass is 32.2. The van der Waals surface area contributed by atoms with Crippen molar-refractivity contribution in [1.29, 1.82) is 0 Å². The van der Waals surface area contributed by atoms with Crippen LogP contribution in [0.15, 0.2) is 97.1 Å². The summed E-state index contributed by atoms with van der Waals surface area (Å²) in [5.74, 6) is 9.03. The molecule has 0 heterocycles. The van der Waals surface area contributed by atoms with E-state index in [4.69, 9.17) is 9.47 Å². The van der Waals surface area contributed by atoms with Crippen LogP contribution in [0.2, 0.25) is 0 Å². The van der Waals surface area contributed by atoms with Crippen molar-refractivity contribution < 1.29 is 14.3 Å². The average Bonchev–Trinajstić information content (AvgIpc) is 3.04. The smallest absolute Gasteiger partial charge is 0.221 e. The molecule has 0 aliphatic heterocycles. The van der Waals surface area contributed by atoms with E-state index in [0.29, 0.717) is 25.1 Å². The van der Waals surface area contributed by atoms with E-state index in [2.05, 4.69) is 79.5 Å². The maximum atomic E-state index is 12.4. The Morgan fingerprint density at radius 2 is 1.52 bits per heavy atom. The van der Waals surface area contributed by atoms with Crippen LogP contribution < -0.4 is 14.8 Å². The minimum atomic E-state index is -0.462. The predicted molar refractivity (Wildman–Crippen MR) is 174 cm³/mol. The van der Waals surface area contributed by atoms with Crippen LogP contribution in [0, 0.1) is 18.8 Å². The molecule has 1 N–H and O–H groups in total. The molecule has 0 aliphatic rings. The molecule has 1 amide bonds. The number of hydrogen-bond donors (Lipinski definition) is 1. The fourth-order valence-corrected chi connectivity index (χ4v) is 6.27. The normalized spacial score (nSPS) is 12.0. The number of ether oxygens (including phenoxy) is 2. The quantitative estimate of drug-likeness (QED) is 0.137. The summed E-state index contributed by atoms with van der Waals surface area (Å²) < 4.78 is 10.7. The Hall–Kier alpha value is -4.14. The van der Waals surface area contributed by atoms with Crippen molar-refractivity contribution >= 4 is 17.7 Å². The Balaban J connectivity index is 1.67. The molecule has 0 aromatic heterocycles. The third kappa shape index (κ3) is 7.57. The second-order valence-electron chi connectivity index (χ2n) is 10.1. The van der Waals surface area contributed by atoms with Gasteiger partial charge in [-0.2, -0.15) is 0 Å². The molecule has 1 atom stereocenters. The number of thioether (sulfide) groups is 1. The molecule has 0 fully saturated rings. The number of rotatable bonds is 12. The predicted octanol–water partition coefficient (Wildman–Crippen LogP) is 7.90. The van der Waals surface area contributed by atoms with Crippen molar-refractivity contribution in [2.45, 2.75) is 44.4 Å². The number of aryl methyl sites for hydroxylation is 1. The van der Waals surface area contributed by atoms with Gasteiger partial charge in [0.2, 0.25) is 5.91 Å². The van der Waals surface area contributed by atoms with Crippen molar-refractivity contribution in [2.24, 2.45) is 0 Å². The van der Waals surface area contributed by atoms with Gasteiger partial charge in [-0.3, -0.25) is 4.79 Å². The first-order valence-electron chi connectivity index (χ1n) is 14.3. The van der Waals surface area contributed by atoms with Gasteiger partial charge in [-0.1, -0.05) is 97.1 Å². The number of nitrogens with one attached hydrogen (secondary N) is 1. The van der Waals surface area contributed by atoms with E-state index in [1.807, 2.05) is 60.3 Å². The van der Waals surface area contributed by atoms with Gasteiger partial charge in [-0.05, 0) is 65.6 Å². The number of benzene rings is 4. The van der Waals surface area contributed by atoms with Crippen molar-refractivity contribution in [3.8, 4) is 23.3 Å². The van der Waals surface area contributed by atoms with Crippen LogP contribution in [0.4, 0.5) is 0 Å². The highest BCUT2D eigenvalue weighted by Gasteiger charge is 2.37. The summed E-state index contributed by atoms with van der Waals surface area (Å²) >= 11 is 1.92. The Morgan fingerprint density at radius 3 is 2.17 bits per heavy atom. The van der Waals surface area contributed by atoms with Crippen LogP contribution in [0.1, 0.15) is 59.6 Å². The zero-order valence-electron chi connectivity index (χ0n) is 24.9. The summed E-state index contributed by atoms with van der Waals surface area (Å²) in [6.07, 6.45) is 1.84. The van der Waals surface area contributed by atoms with Crippen molar-refractivity contribution in [3.05, 3.63) is 130 Å². The fraction of sp³-hybridized carbons (Fsp3) is 0.270. The Bertz CT molecular complexity index is 1510. The average molecular weight is 578 g/mol. The van der Waals surface area contributed by atoms with Crippen molar-refractivity contribution in [2.75, 3.05) is 20.0 Å².